The van der Waals surface area contributed by atoms with Gasteiger partial charge in [-0.05, 0) is 13.8 Å². The highest BCUT2D eigenvalue weighted by Gasteiger charge is 1.89. The van der Waals surface area contributed by atoms with Gasteiger partial charge in [0.2, 0.25) is 0 Å². The summed E-state index contributed by atoms with van der Waals surface area (Å²) in [5.41, 5.74) is 0.815. The summed E-state index contributed by atoms with van der Waals surface area (Å²) in [5.74, 6) is 0. The Morgan fingerprint density at radius 3 is 1.62 bits per heavy atom. The zero-order valence-electron chi connectivity index (χ0n) is 5.65. The Labute approximate surface area is 50.6 Å². The Balaban J connectivity index is -0.000000125. The van der Waals surface area contributed by atoms with Gasteiger partial charge in [-0.15, -0.1) is 0 Å². The highest BCUT2D eigenvalue weighted by molar-refractivity contribution is 4.93. The van der Waals surface area contributed by atoms with Gasteiger partial charge in [0.25, 0.3) is 0 Å². The van der Waals surface area contributed by atoms with Crippen LogP contribution in [0.4, 0.5) is 0 Å². The van der Waals surface area contributed by atoms with E-state index in [1.165, 1.54) is 0 Å². The second-order valence-electron chi connectivity index (χ2n) is 1.52. The first-order valence-corrected chi connectivity index (χ1v) is 1.98. The molecule has 0 aromatic heterocycles. The fourth-order valence-electron chi connectivity index (χ4n) is 0. The first-order chi connectivity index (χ1) is 2.64. The van der Waals surface area contributed by atoms with Crippen LogP contribution in [-0.2, 0) is 0 Å². The van der Waals surface area contributed by atoms with Crippen LogP contribution in [0.3, 0.4) is 0 Å². The van der Waals surface area contributed by atoms with Crippen molar-refractivity contribution in [1.29, 1.82) is 0 Å². The molecule has 0 saturated heterocycles. The second-order valence-corrected chi connectivity index (χ2v) is 1.52. The van der Waals surface area contributed by atoms with Crippen molar-refractivity contribution in [3.8, 4) is 0 Å². The number of hydrogen-bond donors (Lipinski definition) is 3. The topological polar surface area (TPSA) is 90.2 Å². The molecule has 0 aromatic rings. The molecular weight excluding hydrogens is 104 g/mol. The van der Waals surface area contributed by atoms with Gasteiger partial charge in [-0.2, -0.15) is 0 Å². The Morgan fingerprint density at radius 1 is 1.50 bits per heavy atom. The molecule has 0 aliphatic rings. The van der Waals surface area contributed by atoms with Crippen molar-refractivity contribution in [2.45, 2.75) is 20.0 Å². The highest BCUT2D eigenvalue weighted by Crippen LogP contribution is 1.92. The Kier molecular flexibility index (Phi) is 12.9. The average molecular weight is 120 g/mol. The standard InChI is InChI=1S/C5H10O.2H3N/c1-4(2)5(3)6;;/h5-6H,1H2,2-3H3;2*1H3. The SMILES string of the molecule is C=C(C)C(C)O.N.N. The summed E-state index contributed by atoms with van der Waals surface area (Å²) < 4.78 is 0. The first-order valence-electron chi connectivity index (χ1n) is 1.98. The first kappa shape index (κ1) is 15.6. The third-order valence-electron chi connectivity index (χ3n) is 0.713. The maximum absolute atomic E-state index is 8.53. The molecule has 7 N–H and O–H groups in total. The van der Waals surface area contributed by atoms with Gasteiger partial charge in [0.15, 0.2) is 0 Å². The molecule has 0 aliphatic heterocycles. The van der Waals surface area contributed by atoms with Gasteiger partial charge in [0, 0.05) is 0 Å². The summed E-state index contributed by atoms with van der Waals surface area (Å²) in [7, 11) is 0. The maximum Gasteiger partial charge on any atom is 0.0716 e. The minimum atomic E-state index is -0.343. The van der Waals surface area contributed by atoms with E-state index in [-0.39, 0.29) is 18.4 Å². The van der Waals surface area contributed by atoms with E-state index in [0.29, 0.717) is 0 Å². The third-order valence-corrected chi connectivity index (χ3v) is 0.713. The lowest BCUT2D eigenvalue weighted by Gasteiger charge is -1.97. The van der Waals surface area contributed by atoms with Crippen molar-refractivity contribution in [3.05, 3.63) is 12.2 Å². The van der Waals surface area contributed by atoms with E-state index in [1.54, 1.807) is 13.8 Å². The molecule has 0 heterocycles. The van der Waals surface area contributed by atoms with Crippen LogP contribution in [0.2, 0.25) is 0 Å². The molecule has 8 heavy (non-hydrogen) atoms. The van der Waals surface area contributed by atoms with E-state index in [1.807, 2.05) is 0 Å². The molecule has 0 saturated carbocycles. The molecule has 3 heteroatoms. The number of aliphatic hydroxyl groups is 1. The molecule has 0 fully saturated rings. The van der Waals surface area contributed by atoms with Crippen molar-refractivity contribution in [2.75, 3.05) is 0 Å². The third kappa shape index (κ3) is 9.15. The van der Waals surface area contributed by atoms with Crippen LogP contribution < -0.4 is 12.3 Å². The fourth-order valence-corrected chi connectivity index (χ4v) is 0. The molecule has 0 bridgehead atoms. The second kappa shape index (κ2) is 6.62. The highest BCUT2D eigenvalue weighted by atomic mass is 16.3. The summed E-state index contributed by atoms with van der Waals surface area (Å²) in [6.07, 6.45) is -0.343. The Bertz CT molecular complexity index is 61.4. The fraction of sp³-hybridized carbons (Fsp3) is 0.600. The van der Waals surface area contributed by atoms with E-state index in [0.717, 1.165) is 5.57 Å². The van der Waals surface area contributed by atoms with Gasteiger partial charge in [-0.3, -0.25) is 0 Å². The van der Waals surface area contributed by atoms with Crippen LogP contribution in [0.15, 0.2) is 12.2 Å². The minimum absolute atomic E-state index is 0. The van der Waals surface area contributed by atoms with Crippen LogP contribution in [0, 0.1) is 0 Å². The van der Waals surface area contributed by atoms with E-state index in [9.17, 15) is 0 Å². The molecule has 52 valence electrons. The lowest BCUT2D eigenvalue weighted by Crippen LogP contribution is -1.97. The quantitative estimate of drug-likeness (QED) is 0.455. The molecular formula is C5H16N2O. The van der Waals surface area contributed by atoms with Crippen molar-refractivity contribution in [1.82, 2.24) is 12.3 Å². The lowest BCUT2D eigenvalue weighted by molar-refractivity contribution is 0.232. The normalized spacial score (nSPS) is 10.4. The van der Waals surface area contributed by atoms with E-state index >= 15 is 0 Å². The number of hydrogen-bond acceptors (Lipinski definition) is 3. The summed E-state index contributed by atoms with van der Waals surface area (Å²) in [6.45, 7) is 7.00. The number of rotatable bonds is 1. The van der Waals surface area contributed by atoms with Gasteiger partial charge in [-0.25, -0.2) is 0 Å². The number of aliphatic hydroxyl groups excluding tert-OH is 1. The van der Waals surface area contributed by atoms with Gasteiger partial charge in [0.1, 0.15) is 0 Å². The van der Waals surface area contributed by atoms with Crippen molar-refractivity contribution >= 4 is 0 Å². The molecule has 0 aromatic carbocycles. The van der Waals surface area contributed by atoms with Gasteiger partial charge >= 0.3 is 0 Å². The molecule has 3 nitrogen and oxygen atoms in total. The Hall–Kier alpha value is -0.380. The van der Waals surface area contributed by atoms with Gasteiger partial charge in [0.05, 0.1) is 6.10 Å². The van der Waals surface area contributed by atoms with Crippen molar-refractivity contribution < 1.29 is 5.11 Å². The summed E-state index contributed by atoms with van der Waals surface area (Å²) in [4.78, 5) is 0. The summed E-state index contributed by atoms with van der Waals surface area (Å²) in [5, 5.41) is 8.53. The van der Waals surface area contributed by atoms with Crippen LogP contribution in [0.5, 0.6) is 0 Å². The smallest absolute Gasteiger partial charge is 0.0716 e. The summed E-state index contributed by atoms with van der Waals surface area (Å²) in [6, 6.07) is 0. The zero-order chi connectivity index (χ0) is 5.15. The molecule has 0 radical (unpaired) electrons. The van der Waals surface area contributed by atoms with Gasteiger partial charge in [-0.1, -0.05) is 12.2 Å². The molecule has 0 amide bonds. The van der Waals surface area contributed by atoms with Crippen LogP contribution in [-0.4, -0.2) is 11.2 Å². The lowest BCUT2D eigenvalue weighted by atomic mass is 10.2. The molecule has 1 unspecified atom stereocenters. The van der Waals surface area contributed by atoms with Crippen LogP contribution >= 0.6 is 0 Å². The molecule has 0 spiro atoms. The van der Waals surface area contributed by atoms with Crippen LogP contribution in [0.1, 0.15) is 13.8 Å². The minimum Gasteiger partial charge on any atom is -0.389 e. The summed E-state index contributed by atoms with van der Waals surface area (Å²) >= 11 is 0. The van der Waals surface area contributed by atoms with E-state index in [2.05, 4.69) is 6.58 Å². The molecule has 0 aliphatic carbocycles. The maximum atomic E-state index is 8.53. The monoisotopic (exact) mass is 120 g/mol. The average Bonchev–Trinajstić information content (AvgIpc) is 1.36. The van der Waals surface area contributed by atoms with Crippen LogP contribution in [0.25, 0.3) is 0 Å². The molecule has 0 rings (SSSR count). The van der Waals surface area contributed by atoms with Crippen molar-refractivity contribution in [3.63, 3.8) is 0 Å². The largest absolute Gasteiger partial charge is 0.389 e. The molecule has 1 atom stereocenters. The zero-order valence-corrected chi connectivity index (χ0v) is 5.65. The Morgan fingerprint density at radius 2 is 1.62 bits per heavy atom. The van der Waals surface area contributed by atoms with E-state index in [4.69, 9.17) is 5.11 Å². The predicted molar refractivity (Wildman–Crippen MR) is 36.5 cm³/mol. The predicted octanol–water partition coefficient (Wildman–Crippen LogP) is 1.27. The van der Waals surface area contributed by atoms with Gasteiger partial charge < -0.3 is 17.4 Å². The van der Waals surface area contributed by atoms with E-state index < -0.39 is 0 Å². The van der Waals surface area contributed by atoms with Crippen molar-refractivity contribution in [2.24, 2.45) is 0 Å².